The highest BCUT2D eigenvalue weighted by molar-refractivity contribution is 5.42. The molecule has 0 N–H and O–H groups in total. The minimum absolute atomic E-state index is 0.165. The van der Waals surface area contributed by atoms with E-state index in [0.29, 0.717) is 23.0 Å². The molecule has 0 aliphatic rings. The van der Waals surface area contributed by atoms with Gasteiger partial charge in [-0.25, -0.2) is 0 Å². The SMILES string of the molecule is CC(C)c1noc(COc2ccccc2C#N)n1. The van der Waals surface area contributed by atoms with Crippen molar-refractivity contribution in [2.45, 2.75) is 26.4 Å². The lowest BCUT2D eigenvalue weighted by Crippen LogP contribution is -1.98. The lowest BCUT2D eigenvalue weighted by atomic mass is 10.2. The molecule has 5 nitrogen and oxygen atoms in total. The maximum absolute atomic E-state index is 8.91. The van der Waals surface area contributed by atoms with E-state index in [1.54, 1.807) is 18.2 Å². The number of nitrogens with zero attached hydrogens (tertiary/aromatic N) is 3. The second kappa shape index (κ2) is 5.32. The number of rotatable bonds is 4. The van der Waals surface area contributed by atoms with Crippen molar-refractivity contribution in [3.8, 4) is 11.8 Å². The van der Waals surface area contributed by atoms with Crippen molar-refractivity contribution in [1.29, 1.82) is 5.26 Å². The van der Waals surface area contributed by atoms with Crippen molar-refractivity contribution in [3.63, 3.8) is 0 Å². The van der Waals surface area contributed by atoms with E-state index in [9.17, 15) is 0 Å². The van der Waals surface area contributed by atoms with Gasteiger partial charge in [-0.15, -0.1) is 0 Å². The van der Waals surface area contributed by atoms with E-state index in [2.05, 4.69) is 16.2 Å². The molecule has 18 heavy (non-hydrogen) atoms. The van der Waals surface area contributed by atoms with Gasteiger partial charge in [0.05, 0.1) is 5.56 Å². The number of ether oxygens (including phenoxy) is 1. The monoisotopic (exact) mass is 243 g/mol. The molecular weight excluding hydrogens is 230 g/mol. The fourth-order valence-electron chi connectivity index (χ4n) is 1.39. The molecule has 1 aromatic carbocycles. The summed E-state index contributed by atoms with van der Waals surface area (Å²) in [5.41, 5.74) is 0.487. The second-order valence-electron chi connectivity index (χ2n) is 4.10. The average molecular weight is 243 g/mol. The molecule has 1 heterocycles. The van der Waals surface area contributed by atoms with E-state index in [1.807, 2.05) is 19.9 Å². The zero-order valence-corrected chi connectivity index (χ0v) is 10.3. The topological polar surface area (TPSA) is 71.9 Å². The molecule has 2 rings (SSSR count). The first-order valence-electron chi connectivity index (χ1n) is 5.65. The summed E-state index contributed by atoms with van der Waals surface area (Å²) in [5, 5.41) is 12.8. The minimum Gasteiger partial charge on any atom is -0.482 e. The fraction of sp³-hybridized carbons (Fsp3) is 0.308. The van der Waals surface area contributed by atoms with Crippen LogP contribution in [0.1, 0.15) is 37.0 Å². The normalized spacial score (nSPS) is 10.3. The molecule has 0 bridgehead atoms. The molecule has 0 unspecified atom stereocenters. The number of aromatic nitrogens is 2. The van der Waals surface area contributed by atoms with E-state index < -0.39 is 0 Å². The third-order valence-corrected chi connectivity index (χ3v) is 2.36. The summed E-state index contributed by atoms with van der Waals surface area (Å²) in [6.45, 7) is 4.14. The Kier molecular flexibility index (Phi) is 3.58. The van der Waals surface area contributed by atoms with Crippen LogP contribution >= 0.6 is 0 Å². The number of nitriles is 1. The number of para-hydroxylation sites is 1. The number of benzene rings is 1. The van der Waals surface area contributed by atoms with Crippen LogP contribution in [-0.2, 0) is 6.61 Å². The summed E-state index contributed by atoms with van der Waals surface area (Å²) in [6.07, 6.45) is 0. The van der Waals surface area contributed by atoms with Gasteiger partial charge in [0.2, 0.25) is 0 Å². The van der Waals surface area contributed by atoms with Gasteiger partial charge in [0.15, 0.2) is 12.4 Å². The predicted molar refractivity (Wildman–Crippen MR) is 63.9 cm³/mol. The van der Waals surface area contributed by atoms with Crippen molar-refractivity contribution in [1.82, 2.24) is 10.1 Å². The van der Waals surface area contributed by atoms with E-state index in [-0.39, 0.29) is 12.5 Å². The highest BCUT2D eigenvalue weighted by Gasteiger charge is 2.10. The van der Waals surface area contributed by atoms with Gasteiger partial charge in [-0.2, -0.15) is 10.2 Å². The lowest BCUT2D eigenvalue weighted by Gasteiger charge is -2.03. The first-order chi connectivity index (χ1) is 8.70. The van der Waals surface area contributed by atoms with Crippen LogP contribution in [-0.4, -0.2) is 10.1 Å². The molecule has 0 amide bonds. The largest absolute Gasteiger partial charge is 0.482 e. The van der Waals surface area contributed by atoms with Gasteiger partial charge in [0, 0.05) is 5.92 Å². The summed E-state index contributed by atoms with van der Waals surface area (Å²) in [6, 6.07) is 9.09. The van der Waals surface area contributed by atoms with Crippen LogP contribution in [0.2, 0.25) is 0 Å². The van der Waals surface area contributed by atoms with Crippen LogP contribution < -0.4 is 4.74 Å². The van der Waals surface area contributed by atoms with Crippen LogP contribution in [0.4, 0.5) is 0 Å². The van der Waals surface area contributed by atoms with E-state index >= 15 is 0 Å². The maximum atomic E-state index is 8.91. The average Bonchev–Trinajstić information content (AvgIpc) is 2.85. The van der Waals surface area contributed by atoms with Crippen molar-refractivity contribution in [2.24, 2.45) is 0 Å². The quantitative estimate of drug-likeness (QED) is 0.825. The smallest absolute Gasteiger partial charge is 0.264 e. The molecule has 0 saturated heterocycles. The van der Waals surface area contributed by atoms with Gasteiger partial charge >= 0.3 is 0 Å². The van der Waals surface area contributed by atoms with Crippen LogP contribution in [0.15, 0.2) is 28.8 Å². The zero-order chi connectivity index (χ0) is 13.0. The molecule has 5 heteroatoms. The van der Waals surface area contributed by atoms with Crippen LogP contribution in [0, 0.1) is 11.3 Å². The highest BCUT2D eigenvalue weighted by Crippen LogP contribution is 2.18. The molecule has 2 aromatic rings. The summed E-state index contributed by atoms with van der Waals surface area (Å²) < 4.78 is 10.5. The van der Waals surface area contributed by atoms with Crippen molar-refractivity contribution in [3.05, 3.63) is 41.5 Å². The Morgan fingerprint density at radius 1 is 1.39 bits per heavy atom. The van der Waals surface area contributed by atoms with Gasteiger partial charge < -0.3 is 9.26 Å². The van der Waals surface area contributed by atoms with Crippen LogP contribution in [0.25, 0.3) is 0 Å². The van der Waals surface area contributed by atoms with Gasteiger partial charge in [0.25, 0.3) is 5.89 Å². The molecule has 1 aromatic heterocycles. The fourth-order valence-corrected chi connectivity index (χ4v) is 1.39. The summed E-state index contributed by atoms with van der Waals surface area (Å²) >= 11 is 0. The Bertz CT molecular complexity index is 570. The molecule has 0 fully saturated rings. The molecule has 92 valence electrons. The second-order valence-corrected chi connectivity index (χ2v) is 4.10. The van der Waals surface area contributed by atoms with Crippen molar-refractivity contribution >= 4 is 0 Å². The van der Waals surface area contributed by atoms with Gasteiger partial charge in [0.1, 0.15) is 11.8 Å². The van der Waals surface area contributed by atoms with Gasteiger partial charge in [-0.1, -0.05) is 31.1 Å². The standard InChI is InChI=1S/C13H13N3O2/c1-9(2)13-15-12(18-16-13)8-17-11-6-4-3-5-10(11)7-14/h3-6,9H,8H2,1-2H3. The summed E-state index contributed by atoms with van der Waals surface area (Å²) in [7, 11) is 0. The first-order valence-corrected chi connectivity index (χ1v) is 5.65. The van der Waals surface area contributed by atoms with Crippen molar-refractivity contribution < 1.29 is 9.26 Å². The number of hydrogen-bond acceptors (Lipinski definition) is 5. The molecular formula is C13H13N3O2. The highest BCUT2D eigenvalue weighted by atomic mass is 16.5. The molecule has 0 spiro atoms. The van der Waals surface area contributed by atoms with Gasteiger partial charge in [-0.3, -0.25) is 0 Å². The van der Waals surface area contributed by atoms with Gasteiger partial charge in [-0.05, 0) is 12.1 Å². The predicted octanol–water partition coefficient (Wildman–Crippen LogP) is 2.64. The zero-order valence-electron chi connectivity index (χ0n) is 10.3. The Morgan fingerprint density at radius 2 is 2.17 bits per heavy atom. The van der Waals surface area contributed by atoms with E-state index in [0.717, 1.165) is 0 Å². The van der Waals surface area contributed by atoms with E-state index in [4.69, 9.17) is 14.5 Å². The van der Waals surface area contributed by atoms with Crippen molar-refractivity contribution in [2.75, 3.05) is 0 Å². The Morgan fingerprint density at radius 3 is 2.83 bits per heavy atom. The van der Waals surface area contributed by atoms with Crippen LogP contribution in [0.5, 0.6) is 5.75 Å². The Labute approximate surface area is 105 Å². The van der Waals surface area contributed by atoms with Crippen LogP contribution in [0.3, 0.4) is 0 Å². The molecule has 0 aliphatic carbocycles. The minimum atomic E-state index is 0.165. The Hall–Kier alpha value is -2.35. The molecule has 0 atom stereocenters. The number of hydrogen-bond donors (Lipinski definition) is 0. The summed E-state index contributed by atoms with van der Waals surface area (Å²) in [5.74, 6) is 1.80. The molecule has 0 saturated carbocycles. The third-order valence-electron chi connectivity index (χ3n) is 2.36. The van der Waals surface area contributed by atoms with E-state index in [1.165, 1.54) is 0 Å². The molecule has 0 radical (unpaired) electrons. The first kappa shape index (κ1) is 12.1. The third kappa shape index (κ3) is 2.66. The molecule has 0 aliphatic heterocycles. The maximum Gasteiger partial charge on any atom is 0.264 e. The summed E-state index contributed by atoms with van der Waals surface area (Å²) in [4.78, 5) is 4.19. The lowest BCUT2D eigenvalue weighted by molar-refractivity contribution is 0.242. The Balaban J connectivity index is 2.05.